The Morgan fingerprint density at radius 3 is 2.19 bits per heavy atom. The molecule has 0 aromatic heterocycles. The fourth-order valence-corrected chi connectivity index (χ4v) is 3.55. The Morgan fingerprint density at radius 2 is 1.55 bits per heavy atom. The summed E-state index contributed by atoms with van der Waals surface area (Å²) in [6.45, 7) is 1.39. The Labute approximate surface area is 177 Å². The molecule has 0 spiro atoms. The van der Waals surface area contributed by atoms with Crippen LogP contribution in [0.1, 0.15) is 27.6 Å². The maximum Gasteiger partial charge on any atom is 0.342 e. The summed E-state index contributed by atoms with van der Waals surface area (Å²) < 4.78 is 27.4. The molecule has 0 radical (unpaired) electrons. The van der Waals surface area contributed by atoms with Crippen molar-refractivity contribution in [2.45, 2.75) is 31.3 Å². The van der Waals surface area contributed by atoms with Gasteiger partial charge in [-0.25, -0.2) is 9.59 Å². The van der Waals surface area contributed by atoms with Crippen LogP contribution < -0.4 is 4.74 Å². The van der Waals surface area contributed by atoms with Crippen LogP contribution in [0.4, 0.5) is 0 Å². The molecule has 4 atom stereocenters. The minimum atomic E-state index is -0.715. The van der Waals surface area contributed by atoms with Gasteiger partial charge in [-0.1, -0.05) is 18.2 Å². The number of hydrogen-bond donors (Lipinski definition) is 1. The number of para-hydroxylation sites is 1. The number of benzene rings is 2. The van der Waals surface area contributed by atoms with Crippen molar-refractivity contribution in [1.29, 1.82) is 0 Å². The monoisotopic (exact) mass is 428 g/mol. The number of aromatic hydroxyl groups is 1. The largest absolute Gasteiger partial charge is 0.508 e. The van der Waals surface area contributed by atoms with Crippen molar-refractivity contribution in [2.75, 3.05) is 13.2 Å². The molecule has 2 heterocycles. The number of ether oxygens (including phenoxy) is 5. The molecule has 9 heteroatoms. The molecule has 2 aliphatic heterocycles. The highest BCUT2D eigenvalue weighted by molar-refractivity contribution is 5.93. The van der Waals surface area contributed by atoms with Gasteiger partial charge in [0.25, 0.3) is 0 Å². The second-order valence-electron chi connectivity index (χ2n) is 7.12. The van der Waals surface area contributed by atoms with Gasteiger partial charge >= 0.3 is 17.9 Å². The fourth-order valence-electron chi connectivity index (χ4n) is 3.55. The molecular formula is C22H20O9. The molecule has 0 saturated carbocycles. The first kappa shape index (κ1) is 20.8. The Balaban J connectivity index is 1.39. The smallest absolute Gasteiger partial charge is 0.342 e. The second-order valence-corrected chi connectivity index (χ2v) is 7.12. The third-order valence-corrected chi connectivity index (χ3v) is 4.92. The maximum atomic E-state index is 12.6. The topological polar surface area (TPSA) is 118 Å². The average Bonchev–Trinajstić information content (AvgIpc) is 3.31. The van der Waals surface area contributed by atoms with Crippen LogP contribution >= 0.6 is 0 Å². The number of hydrogen-bond acceptors (Lipinski definition) is 9. The van der Waals surface area contributed by atoms with Crippen molar-refractivity contribution in [3.63, 3.8) is 0 Å². The lowest BCUT2D eigenvalue weighted by molar-refractivity contribution is -0.131. The van der Waals surface area contributed by atoms with Crippen LogP contribution in [0, 0.1) is 0 Å². The van der Waals surface area contributed by atoms with Crippen LogP contribution in [0.2, 0.25) is 0 Å². The van der Waals surface area contributed by atoms with E-state index < -0.39 is 42.3 Å². The molecule has 0 unspecified atom stereocenters. The molecule has 0 amide bonds. The zero-order valence-electron chi connectivity index (χ0n) is 16.6. The maximum absolute atomic E-state index is 12.6. The molecule has 4 rings (SSSR count). The summed E-state index contributed by atoms with van der Waals surface area (Å²) in [5.74, 6) is -1.81. The van der Waals surface area contributed by atoms with Gasteiger partial charge in [0, 0.05) is 6.92 Å². The molecule has 2 fully saturated rings. The third-order valence-electron chi connectivity index (χ3n) is 4.92. The summed E-state index contributed by atoms with van der Waals surface area (Å²) in [5.41, 5.74) is 0.303. The van der Waals surface area contributed by atoms with Crippen LogP contribution in [-0.4, -0.2) is 60.6 Å². The van der Waals surface area contributed by atoms with E-state index >= 15 is 0 Å². The average molecular weight is 428 g/mol. The molecular weight excluding hydrogens is 408 g/mol. The van der Waals surface area contributed by atoms with E-state index in [0.29, 0.717) is 0 Å². The highest BCUT2D eigenvalue weighted by Crippen LogP contribution is 2.32. The van der Waals surface area contributed by atoms with Crippen molar-refractivity contribution in [2.24, 2.45) is 0 Å². The predicted molar refractivity (Wildman–Crippen MR) is 104 cm³/mol. The van der Waals surface area contributed by atoms with E-state index in [4.69, 9.17) is 23.7 Å². The number of rotatable bonds is 5. The third kappa shape index (κ3) is 4.52. The molecule has 31 heavy (non-hydrogen) atoms. The summed E-state index contributed by atoms with van der Waals surface area (Å²) in [5, 5.41) is 9.52. The molecule has 9 nitrogen and oxygen atoms in total. The van der Waals surface area contributed by atoms with Gasteiger partial charge in [-0.2, -0.15) is 0 Å². The van der Waals surface area contributed by atoms with Gasteiger partial charge in [0.2, 0.25) is 0 Å². The summed E-state index contributed by atoms with van der Waals surface area (Å²) in [6, 6.07) is 12.1. The number of phenols is 1. The van der Waals surface area contributed by atoms with Crippen molar-refractivity contribution in [1.82, 2.24) is 0 Å². The zero-order chi connectivity index (χ0) is 22.0. The van der Waals surface area contributed by atoms with Gasteiger partial charge < -0.3 is 28.8 Å². The lowest BCUT2D eigenvalue weighted by Gasteiger charge is -2.18. The Bertz CT molecular complexity index is 1000. The highest BCUT2D eigenvalue weighted by Gasteiger charge is 2.51. The Hall–Kier alpha value is -3.43. The van der Waals surface area contributed by atoms with Crippen LogP contribution in [0.25, 0.3) is 0 Å². The van der Waals surface area contributed by atoms with Gasteiger partial charge in [0.05, 0.1) is 18.8 Å². The van der Waals surface area contributed by atoms with E-state index in [9.17, 15) is 19.5 Å². The first-order chi connectivity index (χ1) is 14.9. The van der Waals surface area contributed by atoms with E-state index in [1.165, 1.54) is 43.3 Å². The van der Waals surface area contributed by atoms with Crippen LogP contribution in [0.3, 0.4) is 0 Å². The standard InChI is InChI=1S/C22H20O9/c1-12(23)29-16-8-3-2-7-15(16)22(26)31-18-11-28-19-17(10-27-20(18)19)30-21(25)13-5-4-6-14(24)9-13/h2-9,17-20,24H,10-11H2,1H3/t17-,18+,19-,20-/m1/s1. The van der Waals surface area contributed by atoms with Crippen molar-refractivity contribution < 1.29 is 43.2 Å². The first-order valence-corrected chi connectivity index (χ1v) is 9.64. The minimum Gasteiger partial charge on any atom is -0.508 e. The molecule has 162 valence electrons. The SMILES string of the molecule is CC(=O)Oc1ccccc1C(=O)O[C@H]1CO[C@H]2[C@@H]1OC[C@H]2OC(=O)c1cccc(O)c1. The number of carbonyl (C=O) groups excluding carboxylic acids is 3. The second kappa shape index (κ2) is 8.75. The van der Waals surface area contributed by atoms with Gasteiger partial charge in [0.1, 0.15) is 29.3 Å². The molecule has 0 aliphatic carbocycles. The Morgan fingerprint density at radius 1 is 0.903 bits per heavy atom. The molecule has 1 N–H and O–H groups in total. The van der Waals surface area contributed by atoms with Gasteiger partial charge in [-0.3, -0.25) is 4.79 Å². The lowest BCUT2D eigenvalue weighted by atomic mass is 10.1. The molecule has 2 aromatic carbocycles. The van der Waals surface area contributed by atoms with Gasteiger partial charge in [-0.15, -0.1) is 0 Å². The highest BCUT2D eigenvalue weighted by atomic mass is 16.7. The molecule has 2 aromatic rings. The van der Waals surface area contributed by atoms with Gasteiger partial charge in [0.15, 0.2) is 12.2 Å². The minimum absolute atomic E-state index is 0.0480. The van der Waals surface area contributed by atoms with E-state index in [2.05, 4.69) is 0 Å². The number of fused-ring (bicyclic) bond motifs is 1. The van der Waals surface area contributed by atoms with Crippen LogP contribution in [0.5, 0.6) is 11.5 Å². The van der Waals surface area contributed by atoms with Crippen LogP contribution in [-0.2, 0) is 23.7 Å². The summed E-state index contributed by atoms with van der Waals surface area (Å²) >= 11 is 0. The van der Waals surface area contributed by atoms with Crippen LogP contribution in [0.15, 0.2) is 48.5 Å². The zero-order valence-corrected chi connectivity index (χ0v) is 16.6. The number of esters is 3. The number of carbonyl (C=O) groups is 3. The van der Waals surface area contributed by atoms with Crippen molar-refractivity contribution in [3.05, 3.63) is 59.7 Å². The normalized spacial score (nSPS) is 24.3. The predicted octanol–water partition coefficient (Wildman–Crippen LogP) is 1.87. The number of phenolic OH excluding ortho intramolecular Hbond substituents is 1. The molecule has 2 aliphatic rings. The molecule has 0 bridgehead atoms. The van der Waals surface area contributed by atoms with Gasteiger partial charge in [-0.05, 0) is 30.3 Å². The van der Waals surface area contributed by atoms with E-state index in [0.717, 1.165) is 0 Å². The molecule has 2 saturated heterocycles. The summed E-state index contributed by atoms with van der Waals surface area (Å²) in [7, 11) is 0. The van der Waals surface area contributed by atoms with Crippen molar-refractivity contribution >= 4 is 17.9 Å². The van der Waals surface area contributed by atoms with Crippen molar-refractivity contribution in [3.8, 4) is 11.5 Å². The Kier molecular flexibility index (Phi) is 5.88. The lowest BCUT2D eigenvalue weighted by Crippen LogP contribution is -2.36. The van der Waals surface area contributed by atoms with E-state index in [-0.39, 0.29) is 35.8 Å². The van der Waals surface area contributed by atoms with E-state index in [1.54, 1.807) is 12.1 Å². The van der Waals surface area contributed by atoms with E-state index in [1.807, 2.05) is 0 Å². The summed E-state index contributed by atoms with van der Waals surface area (Å²) in [4.78, 5) is 36.2. The first-order valence-electron chi connectivity index (χ1n) is 9.64. The summed E-state index contributed by atoms with van der Waals surface area (Å²) in [6.07, 6.45) is -2.60. The quantitative estimate of drug-likeness (QED) is 0.562. The fraction of sp³-hybridized carbons (Fsp3) is 0.318.